The second-order valence-electron chi connectivity index (χ2n) is 7.84. The van der Waals surface area contributed by atoms with E-state index in [9.17, 15) is 13.2 Å². The van der Waals surface area contributed by atoms with Gasteiger partial charge in [-0.1, -0.05) is 0 Å². The molecular formula is C19H29N4O3S2+. The van der Waals surface area contributed by atoms with Gasteiger partial charge >= 0.3 is 0 Å². The zero-order chi connectivity index (χ0) is 20.5. The first-order chi connectivity index (χ1) is 13.2. The molecule has 0 saturated carbocycles. The number of sulfone groups is 1. The highest BCUT2D eigenvalue weighted by atomic mass is 32.2. The smallest absolute Gasteiger partial charge is 0.277 e. The van der Waals surface area contributed by atoms with Crippen molar-refractivity contribution >= 4 is 27.1 Å². The van der Waals surface area contributed by atoms with E-state index in [1.807, 2.05) is 44.1 Å². The lowest BCUT2D eigenvalue weighted by atomic mass is 10.1. The van der Waals surface area contributed by atoms with E-state index in [0.29, 0.717) is 26.1 Å². The molecule has 1 saturated heterocycles. The molecule has 2 atom stereocenters. The third-order valence-corrected chi connectivity index (χ3v) is 7.87. The molecular weight excluding hydrogens is 396 g/mol. The average Bonchev–Trinajstić information content (AvgIpc) is 3.31. The van der Waals surface area contributed by atoms with E-state index in [4.69, 9.17) is 0 Å². The molecule has 3 heterocycles. The Labute approximate surface area is 170 Å². The van der Waals surface area contributed by atoms with Crippen LogP contribution in [0.1, 0.15) is 35.0 Å². The minimum Gasteiger partial charge on any atom is -0.337 e. The van der Waals surface area contributed by atoms with E-state index in [0.717, 1.165) is 27.4 Å². The van der Waals surface area contributed by atoms with E-state index in [2.05, 4.69) is 10.5 Å². The number of hydrogen-bond acceptors (Lipinski definition) is 5. The Morgan fingerprint density at radius 2 is 2.18 bits per heavy atom. The lowest BCUT2D eigenvalue weighted by Crippen LogP contribution is -3.08. The van der Waals surface area contributed by atoms with Crippen molar-refractivity contribution in [3.8, 4) is 0 Å². The van der Waals surface area contributed by atoms with Crippen molar-refractivity contribution in [2.75, 3.05) is 32.1 Å². The fraction of sp³-hybridized carbons (Fsp3) is 0.579. The van der Waals surface area contributed by atoms with Gasteiger partial charge in [0.05, 0.1) is 35.9 Å². The number of carbonyl (C=O) groups excluding carboxylic acids is 1. The first kappa shape index (κ1) is 21.0. The first-order valence-corrected chi connectivity index (χ1v) is 12.2. The Morgan fingerprint density at radius 1 is 1.43 bits per heavy atom. The summed E-state index contributed by atoms with van der Waals surface area (Å²) in [6, 6.07) is 1.96. The topological polar surface area (TPSA) is 76.7 Å². The van der Waals surface area contributed by atoms with Gasteiger partial charge in [0, 0.05) is 19.3 Å². The third-order valence-electron chi connectivity index (χ3n) is 5.39. The van der Waals surface area contributed by atoms with Crippen molar-refractivity contribution in [2.24, 2.45) is 0 Å². The second-order valence-corrected chi connectivity index (χ2v) is 10.9. The number of likely N-dealkylation sites (N-methyl/N-ethyl adjacent to an activating group) is 2. The zero-order valence-corrected chi connectivity index (χ0v) is 18.6. The standard InChI is InChI=1S/C19H28N4O3S2/c1-14-18(15(2)23(20-14)17-6-8-28(25,26)13-17)10-21(3)11-19(24)22(4)9-16-5-7-27-12-16/h5,7,12,17H,6,8-11,13H2,1-4H3/p+1/t17-/m1/s1. The summed E-state index contributed by atoms with van der Waals surface area (Å²) in [4.78, 5) is 15.4. The number of thiophene rings is 1. The molecule has 3 rings (SSSR count). The molecule has 0 aromatic carbocycles. The molecule has 28 heavy (non-hydrogen) atoms. The minimum absolute atomic E-state index is 0.0730. The molecule has 1 aliphatic rings. The number of rotatable bonds is 7. The normalized spacial score (nSPS) is 19.6. The minimum atomic E-state index is -2.95. The maximum Gasteiger partial charge on any atom is 0.277 e. The molecule has 1 N–H and O–H groups in total. The van der Waals surface area contributed by atoms with Crippen molar-refractivity contribution in [3.05, 3.63) is 39.3 Å². The van der Waals surface area contributed by atoms with E-state index >= 15 is 0 Å². The summed E-state index contributed by atoms with van der Waals surface area (Å²) in [5.41, 5.74) is 4.19. The fourth-order valence-corrected chi connectivity index (χ4v) is 6.13. The van der Waals surface area contributed by atoms with Gasteiger partial charge in [0.15, 0.2) is 16.4 Å². The lowest BCUT2D eigenvalue weighted by Gasteiger charge is -2.20. The van der Waals surface area contributed by atoms with Crippen molar-refractivity contribution in [2.45, 2.75) is 39.4 Å². The van der Waals surface area contributed by atoms with Gasteiger partial charge in [-0.15, -0.1) is 0 Å². The predicted molar refractivity (Wildman–Crippen MR) is 110 cm³/mol. The van der Waals surface area contributed by atoms with Crippen LogP contribution >= 0.6 is 11.3 Å². The summed E-state index contributed by atoms with van der Waals surface area (Å²) >= 11 is 1.63. The number of carbonyl (C=O) groups is 1. The molecule has 1 aliphatic heterocycles. The molecule has 0 bridgehead atoms. The van der Waals surface area contributed by atoms with Crippen LogP contribution in [0.4, 0.5) is 0 Å². The maximum atomic E-state index is 12.5. The van der Waals surface area contributed by atoms with Crippen LogP contribution in [0, 0.1) is 13.8 Å². The molecule has 7 nitrogen and oxygen atoms in total. The highest BCUT2D eigenvalue weighted by molar-refractivity contribution is 7.91. The van der Waals surface area contributed by atoms with Crippen molar-refractivity contribution in [3.63, 3.8) is 0 Å². The van der Waals surface area contributed by atoms with E-state index in [-0.39, 0.29) is 23.5 Å². The zero-order valence-electron chi connectivity index (χ0n) is 16.9. The molecule has 0 aliphatic carbocycles. The molecule has 2 aromatic heterocycles. The van der Waals surface area contributed by atoms with Crippen molar-refractivity contribution in [1.29, 1.82) is 0 Å². The summed E-state index contributed by atoms with van der Waals surface area (Å²) in [5, 5.41) is 8.70. The maximum absolute atomic E-state index is 12.5. The van der Waals surface area contributed by atoms with Gasteiger partial charge in [0.25, 0.3) is 5.91 Å². The van der Waals surface area contributed by atoms with Crippen LogP contribution in [0.25, 0.3) is 0 Å². The first-order valence-electron chi connectivity index (χ1n) is 9.47. The molecule has 9 heteroatoms. The Kier molecular flexibility index (Phi) is 6.26. The molecule has 154 valence electrons. The summed E-state index contributed by atoms with van der Waals surface area (Å²) in [6.45, 7) is 5.68. The highest BCUT2D eigenvalue weighted by Crippen LogP contribution is 2.26. The van der Waals surface area contributed by atoms with Gasteiger partial charge in [-0.2, -0.15) is 16.4 Å². The van der Waals surface area contributed by atoms with Crippen LogP contribution in [-0.2, 0) is 27.7 Å². The second kappa shape index (κ2) is 8.34. The predicted octanol–water partition coefficient (Wildman–Crippen LogP) is 0.594. The van der Waals surface area contributed by atoms with Crippen molar-refractivity contribution < 1.29 is 18.1 Å². The molecule has 0 radical (unpaired) electrons. The van der Waals surface area contributed by atoms with Crippen LogP contribution < -0.4 is 4.90 Å². The fourth-order valence-electron chi connectivity index (χ4n) is 3.78. The molecule has 1 unspecified atom stereocenters. The van der Waals surface area contributed by atoms with Crippen LogP contribution in [0.15, 0.2) is 16.8 Å². The van der Waals surface area contributed by atoms with E-state index < -0.39 is 9.84 Å². The van der Waals surface area contributed by atoms with Crippen LogP contribution in [-0.4, -0.2) is 61.2 Å². The number of hydrogen-bond donors (Lipinski definition) is 1. The number of amides is 1. The van der Waals surface area contributed by atoms with Gasteiger partial charge in [-0.3, -0.25) is 9.48 Å². The van der Waals surface area contributed by atoms with Crippen LogP contribution in [0.3, 0.4) is 0 Å². The van der Waals surface area contributed by atoms with Crippen molar-refractivity contribution in [1.82, 2.24) is 14.7 Å². The molecule has 2 aromatic rings. The summed E-state index contributed by atoms with van der Waals surface area (Å²) in [7, 11) is 0.893. The van der Waals surface area contributed by atoms with E-state index in [1.165, 1.54) is 0 Å². The Bertz CT molecular complexity index is 935. The van der Waals surface area contributed by atoms with E-state index in [1.54, 1.807) is 16.2 Å². The third kappa shape index (κ3) is 4.82. The van der Waals surface area contributed by atoms with Gasteiger partial charge in [0.2, 0.25) is 0 Å². The van der Waals surface area contributed by atoms with Gasteiger partial charge < -0.3 is 9.80 Å². The van der Waals surface area contributed by atoms with Gasteiger partial charge in [-0.25, -0.2) is 8.42 Å². The number of aryl methyl sites for hydroxylation is 1. The molecule has 1 fully saturated rings. The number of aromatic nitrogens is 2. The highest BCUT2D eigenvalue weighted by Gasteiger charge is 2.32. The summed E-state index contributed by atoms with van der Waals surface area (Å²) in [5.74, 6) is 0.512. The Hall–Kier alpha value is -1.71. The van der Waals surface area contributed by atoms with Crippen LogP contribution in [0.5, 0.6) is 0 Å². The lowest BCUT2D eigenvalue weighted by molar-refractivity contribution is -0.885. The van der Waals surface area contributed by atoms with Gasteiger partial charge in [0.1, 0.15) is 6.54 Å². The van der Waals surface area contributed by atoms with Crippen LogP contribution in [0.2, 0.25) is 0 Å². The molecule has 1 amide bonds. The Balaban J connectivity index is 1.62. The summed E-state index contributed by atoms with van der Waals surface area (Å²) in [6.07, 6.45) is 0.623. The average molecular weight is 426 g/mol. The SMILES string of the molecule is Cc1nn([C@@H]2CCS(=O)(=O)C2)c(C)c1C[NH+](C)CC(=O)N(C)Cc1ccsc1. The monoisotopic (exact) mass is 425 g/mol. The molecule has 0 spiro atoms. The number of nitrogens with one attached hydrogen (secondary N) is 1. The quantitative estimate of drug-likeness (QED) is 0.705. The summed E-state index contributed by atoms with van der Waals surface area (Å²) < 4.78 is 25.5. The number of nitrogens with zero attached hydrogens (tertiary/aromatic N) is 3. The van der Waals surface area contributed by atoms with Gasteiger partial charge in [-0.05, 0) is 42.7 Å². The largest absolute Gasteiger partial charge is 0.337 e. The Morgan fingerprint density at radius 3 is 2.79 bits per heavy atom. The number of quaternary nitrogens is 1.